The number of ether oxygens (including phenoxy) is 2. The molecule has 0 aromatic heterocycles. The molecule has 1 unspecified atom stereocenters. The summed E-state index contributed by atoms with van der Waals surface area (Å²) in [6.07, 6.45) is -1.16. The van der Waals surface area contributed by atoms with E-state index in [0.717, 1.165) is 0 Å². The number of hydrogen-bond acceptors (Lipinski definition) is 4. The van der Waals surface area contributed by atoms with E-state index in [2.05, 4.69) is 0 Å². The molecule has 4 heteroatoms. The molecule has 1 fully saturated rings. The molecule has 1 rings (SSSR count). The molecule has 0 spiro atoms. The van der Waals surface area contributed by atoms with Crippen molar-refractivity contribution in [3.05, 3.63) is 0 Å². The molecule has 0 radical (unpaired) electrons. The van der Waals surface area contributed by atoms with E-state index in [1.54, 1.807) is 6.92 Å². The predicted octanol–water partition coefficient (Wildman–Crippen LogP) is -0.509. The Morgan fingerprint density at radius 1 is 1.55 bits per heavy atom. The van der Waals surface area contributed by atoms with Crippen molar-refractivity contribution in [2.24, 2.45) is 0 Å². The number of aliphatic hydroxyl groups excluding tert-OH is 2. The first-order chi connectivity index (χ1) is 5.08. The monoisotopic (exact) mass is 162 g/mol. The van der Waals surface area contributed by atoms with Crippen LogP contribution in [-0.4, -0.2) is 41.9 Å². The van der Waals surface area contributed by atoms with Gasteiger partial charge in [-0.1, -0.05) is 0 Å². The summed E-state index contributed by atoms with van der Waals surface area (Å²) in [5.41, 5.74) is -0.669. The van der Waals surface area contributed by atoms with Crippen LogP contribution in [0.1, 0.15) is 13.3 Å². The van der Waals surface area contributed by atoms with Gasteiger partial charge < -0.3 is 19.7 Å². The lowest BCUT2D eigenvalue weighted by Gasteiger charge is -2.38. The van der Waals surface area contributed by atoms with Gasteiger partial charge in [-0.05, 0) is 6.92 Å². The lowest BCUT2D eigenvalue weighted by molar-refractivity contribution is -0.235. The highest BCUT2D eigenvalue weighted by molar-refractivity contribution is 4.87. The van der Waals surface area contributed by atoms with Crippen molar-refractivity contribution in [1.29, 1.82) is 0 Å². The summed E-state index contributed by atoms with van der Waals surface area (Å²) in [4.78, 5) is 0. The van der Waals surface area contributed by atoms with Crippen molar-refractivity contribution < 1.29 is 19.7 Å². The van der Waals surface area contributed by atoms with Gasteiger partial charge in [0.1, 0.15) is 6.10 Å². The fraction of sp³-hybridized carbons (Fsp3) is 1.00. The Hall–Kier alpha value is -0.160. The highest BCUT2D eigenvalue weighted by Gasteiger charge is 2.39. The average Bonchev–Trinajstić information content (AvgIpc) is 1.98. The molecule has 66 valence electrons. The lowest BCUT2D eigenvalue weighted by atomic mass is 9.93. The fourth-order valence-corrected chi connectivity index (χ4v) is 1.14. The first-order valence-corrected chi connectivity index (χ1v) is 3.61. The molecule has 0 aliphatic carbocycles. The van der Waals surface area contributed by atoms with Crippen LogP contribution in [0.3, 0.4) is 0 Å². The van der Waals surface area contributed by atoms with E-state index >= 15 is 0 Å². The third-order valence-corrected chi connectivity index (χ3v) is 2.20. The first-order valence-electron chi connectivity index (χ1n) is 3.61. The van der Waals surface area contributed by atoms with E-state index in [-0.39, 0.29) is 6.61 Å². The maximum Gasteiger partial charge on any atom is 0.157 e. The van der Waals surface area contributed by atoms with E-state index in [4.69, 9.17) is 14.6 Å². The van der Waals surface area contributed by atoms with Crippen LogP contribution in [0, 0.1) is 0 Å². The van der Waals surface area contributed by atoms with E-state index in [9.17, 15) is 5.11 Å². The van der Waals surface area contributed by atoms with Crippen LogP contribution in [0.2, 0.25) is 0 Å². The van der Waals surface area contributed by atoms with Crippen LogP contribution in [0.25, 0.3) is 0 Å². The van der Waals surface area contributed by atoms with Crippen molar-refractivity contribution in [2.75, 3.05) is 13.7 Å². The molecule has 1 saturated heterocycles. The smallest absolute Gasteiger partial charge is 0.157 e. The van der Waals surface area contributed by atoms with Gasteiger partial charge in [0, 0.05) is 13.5 Å². The van der Waals surface area contributed by atoms with Gasteiger partial charge in [0.05, 0.1) is 12.2 Å². The van der Waals surface area contributed by atoms with Gasteiger partial charge in [-0.15, -0.1) is 0 Å². The van der Waals surface area contributed by atoms with Gasteiger partial charge in [0.2, 0.25) is 0 Å². The van der Waals surface area contributed by atoms with Gasteiger partial charge in [-0.3, -0.25) is 0 Å². The summed E-state index contributed by atoms with van der Waals surface area (Å²) in [7, 11) is 1.52. The second kappa shape index (κ2) is 3.06. The molecule has 1 aliphatic heterocycles. The van der Waals surface area contributed by atoms with Crippen molar-refractivity contribution >= 4 is 0 Å². The average molecular weight is 162 g/mol. The molecule has 4 nitrogen and oxygen atoms in total. The van der Waals surface area contributed by atoms with Crippen molar-refractivity contribution in [2.45, 2.75) is 31.3 Å². The first kappa shape index (κ1) is 8.93. The molecule has 0 saturated carbocycles. The van der Waals surface area contributed by atoms with Crippen LogP contribution in [0.5, 0.6) is 0 Å². The van der Waals surface area contributed by atoms with E-state index in [1.807, 2.05) is 0 Å². The molecule has 3 atom stereocenters. The minimum Gasteiger partial charge on any atom is -0.388 e. The summed E-state index contributed by atoms with van der Waals surface area (Å²) in [6.45, 7) is 1.88. The van der Waals surface area contributed by atoms with Crippen LogP contribution in [0.4, 0.5) is 0 Å². The number of methoxy groups -OCH3 is 1. The Morgan fingerprint density at radius 3 is 2.64 bits per heavy atom. The van der Waals surface area contributed by atoms with Crippen LogP contribution in [0.15, 0.2) is 0 Å². The summed E-state index contributed by atoms with van der Waals surface area (Å²) < 4.78 is 9.88. The summed E-state index contributed by atoms with van der Waals surface area (Å²) in [5, 5.41) is 18.5. The van der Waals surface area contributed by atoms with Gasteiger partial charge >= 0.3 is 0 Å². The van der Waals surface area contributed by atoms with E-state index < -0.39 is 18.0 Å². The Morgan fingerprint density at radius 2 is 2.18 bits per heavy atom. The van der Waals surface area contributed by atoms with E-state index in [0.29, 0.717) is 6.42 Å². The zero-order chi connectivity index (χ0) is 8.48. The number of hydrogen-bond donors (Lipinski definition) is 2. The second-order valence-corrected chi connectivity index (χ2v) is 3.02. The number of aliphatic hydroxyl groups is 2. The van der Waals surface area contributed by atoms with Crippen LogP contribution in [-0.2, 0) is 9.47 Å². The molecule has 0 bridgehead atoms. The third kappa shape index (κ3) is 1.70. The Labute approximate surface area is 65.7 Å². The van der Waals surface area contributed by atoms with Crippen molar-refractivity contribution in [3.8, 4) is 0 Å². The quantitative estimate of drug-likeness (QED) is 0.545. The Kier molecular flexibility index (Phi) is 2.49. The minimum atomic E-state index is -0.816. The molecular weight excluding hydrogens is 148 g/mol. The van der Waals surface area contributed by atoms with Crippen LogP contribution >= 0.6 is 0 Å². The molecular formula is C7H14O4. The van der Waals surface area contributed by atoms with E-state index in [1.165, 1.54) is 7.11 Å². The molecule has 0 amide bonds. The molecule has 1 aliphatic rings. The Bertz CT molecular complexity index is 138. The highest BCUT2D eigenvalue weighted by atomic mass is 16.6. The highest BCUT2D eigenvalue weighted by Crippen LogP contribution is 2.26. The minimum absolute atomic E-state index is 0.130. The summed E-state index contributed by atoms with van der Waals surface area (Å²) >= 11 is 0. The Balaban J connectivity index is 2.60. The fourth-order valence-electron chi connectivity index (χ4n) is 1.14. The topological polar surface area (TPSA) is 58.9 Å². The zero-order valence-electron chi connectivity index (χ0n) is 6.78. The van der Waals surface area contributed by atoms with Crippen LogP contribution < -0.4 is 0 Å². The van der Waals surface area contributed by atoms with Gasteiger partial charge in [-0.25, -0.2) is 0 Å². The zero-order valence-corrected chi connectivity index (χ0v) is 6.78. The second-order valence-electron chi connectivity index (χ2n) is 3.02. The summed E-state index contributed by atoms with van der Waals surface area (Å²) in [6, 6.07) is 0. The van der Waals surface area contributed by atoms with Gasteiger partial charge in [0.15, 0.2) is 6.29 Å². The maximum atomic E-state index is 9.38. The SMILES string of the molecule is CO[C@@]1(C)CC(O)OC[C@H]1O. The number of rotatable bonds is 1. The van der Waals surface area contributed by atoms with Gasteiger partial charge in [-0.2, -0.15) is 0 Å². The van der Waals surface area contributed by atoms with Gasteiger partial charge in [0.25, 0.3) is 0 Å². The standard InChI is InChI=1S/C7H14O4/c1-7(10-2)3-6(9)11-4-5(7)8/h5-6,8-9H,3-4H2,1-2H3/t5-,6?,7+/m1/s1. The molecule has 0 aromatic rings. The van der Waals surface area contributed by atoms with Crippen molar-refractivity contribution in [1.82, 2.24) is 0 Å². The maximum absolute atomic E-state index is 9.38. The molecule has 11 heavy (non-hydrogen) atoms. The lowest BCUT2D eigenvalue weighted by Crippen LogP contribution is -2.51. The molecule has 1 heterocycles. The normalized spacial score (nSPS) is 45.8. The predicted molar refractivity (Wildman–Crippen MR) is 38.0 cm³/mol. The summed E-state index contributed by atoms with van der Waals surface area (Å²) in [5.74, 6) is 0. The van der Waals surface area contributed by atoms with Crippen molar-refractivity contribution in [3.63, 3.8) is 0 Å². The molecule has 0 aromatic carbocycles. The third-order valence-electron chi connectivity index (χ3n) is 2.20. The molecule has 2 N–H and O–H groups in total. The largest absolute Gasteiger partial charge is 0.388 e.